The van der Waals surface area contributed by atoms with Crippen LogP contribution in [-0.4, -0.2) is 74.1 Å². The van der Waals surface area contributed by atoms with Crippen molar-refractivity contribution < 1.29 is 33.1 Å². The molecule has 2 aromatic carbocycles. The maximum absolute atomic E-state index is 13.5. The molecule has 0 atom stereocenters. The first-order chi connectivity index (χ1) is 18.8. The second-order valence-corrected chi connectivity index (χ2v) is 8.81. The summed E-state index contributed by atoms with van der Waals surface area (Å²) >= 11 is 0. The maximum Gasteiger partial charge on any atom is 0.273 e. The Morgan fingerprint density at radius 1 is 0.974 bits per heavy atom. The largest absolute Gasteiger partial charge is 0.493 e. The van der Waals surface area contributed by atoms with Gasteiger partial charge in [0.2, 0.25) is 5.91 Å². The van der Waals surface area contributed by atoms with Crippen molar-refractivity contribution in [3.8, 4) is 11.5 Å². The molecule has 0 saturated heterocycles. The SMILES string of the molecule is COCCN(CC(=O)N(CCc1ccc(OC)c(OC)c1)Cc1ccco1)C(=O)c1ccc(C)c([N+](=O)[O-])c1. The molecule has 0 radical (unpaired) electrons. The van der Waals surface area contributed by atoms with Crippen molar-refractivity contribution in [3.63, 3.8) is 0 Å². The fourth-order valence-electron chi connectivity index (χ4n) is 4.02. The van der Waals surface area contributed by atoms with E-state index in [-0.39, 0.29) is 43.4 Å². The molecular formula is C28H33N3O8. The van der Waals surface area contributed by atoms with Crippen molar-refractivity contribution >= 4 is 17.5 Å². The van der Waals surface area contributed by atoms with Gasteiger partial charge in [-0.1, -0.05) is 12.1 Å². The van der Waals surface area contributed by atoms with Gasteiger partial charge < -0.3 is 28.4 Å². The molecule has 39 heavy (non-hydrogen) atoms. The Kier molecular flexibility index (Phi) is 10.4. The molecule has 0 N–H and O–H groups in total. The molecule has 0 unspecified atom stereocenters. The molecule has 0 aliphatic rings. The van der Waals surface area contributed by atoms with E-state index in [2.05, 4.69) is 0 Å². The first kappa shape index (κ1) is 29.2. The second-order valence-electron chi connectivity index (χ2n) is 8.81. The summed E-state index contributed by atoms with van der Waals surface area (Å²) in [6, 6.07) is 13.3. The van der Waals surface area contributed by atoms with E-state index in [9.17, 15) is 19.7 Å². The molecule has 0 aliphatic carbocycles. The number of benzene rings is 2. The Morgan fingerprint density at radius 3 is 2.38 bits per heavy atom. The van der Waals surface area contributed by atoms with Gasteiger partial charge >= 0.3 is 0 Å². The van der Waals surface area contributed by atoms with Crippen LogP contribution in [0.4, 0.5) is 5.69 Å². The Hall–Kier alpha value is -4.38. The van der Waals surface area contributed by atoms with Crippen molar-refractivity contribution in [3.05, 3.63) is 87.4 Å². The van der Waals surface area contributed by atoms with Gasteiger partial charge in [-0.3, -0.25) is 19.7 Å². The minimum Gasteiger partial charge on any atom is -0.493 e. The van der Waals surface area contributed by atoms with Crippen LogP contribution >= 0.6 is 0 Å². The Balaban J connectivity index is 1.81. The number of carbonyl (C=O) groups is 2. The number of hydrogen-bond donors (Lipinski definition) is 0. The predicted molar refractivity (Wildman–Crippen MR) is 143 cm³/mol. The van der Waals surface area contributed by atoms with Crippen molar-refractivity contribution in [1.82, 2.24) is 9.80 Å². The molecule has 3 aromatic rings. The van der Waals surface area contributed by atoms with Crippen molar-refractivity contribution in [2.24, 2.45) is 0 Å². The molecule has 1 aromatic heterocycles. The highest BCUT2D eigenvalue weighted by Gasteiger charge is 2.25. The summed E-state index contributed by atoms with van der Waals surface area (Å²) in [5, 5.41) is 11.4. The number of furan rings is 1. The smallest absolute Gasteiger partial charge is 0.273 e. The fourth-order valence-corrected chi connectivity index (χ4v) is 4.02. The number of aryl methyl sites for hydroxylation is 1. The zero-order chi connectivity index (χ0) is 28.4. The van der Waals surface area contributed by atoms with Crippen molar-refractivity contribution in [1.29, 1.82) is 0 Å². The van der Waals surface area contributed by atoms with Crippen LogP contribution in [0.3, 0.4) is 0 Å². The highest BCUT2D eigenvalue weighted by molar-refractivity contribution is 5.97. The van der Waals surface area contributed by atoms with Gasteiger partial charge in [-0.15, -0.1) is 0 Å². The molecule has 0 saturated carbocycles. The third-order valence-corrected chi connectivity index (χ3v) is 6.23. The molecule has 11 nitrogen and oxygen atoms in total. The summed E-state index contributed by atoms with van der Waals surface area (Å²) in [5.74, 6) is 0.981. The van der Waals surface area contributed by atoms with Crippen molar-refractivity contribution in [2.75, 3.05) is 47.6 Å². The standard InChI is InChI=1S/C28H33N3O8/c1-20-7-9-22(17-24(20)31(34)35)28(33)30(13-15-36-2)19-27(32)29(18-23-6-5-14-39-23)12-11-21-8-10-25(37-3)26(16-21)38-4/h5-10,14,16-17H,11-13,15,18-19H2,1-4H3. The minimum atomic E-state index is -0.532. The zero-order valence-electron chi connectivity index (χ0n) is 22.5. The minimum absolute atomic E-state index is 0.124. The number of methoxy groups -OCH3 is 3. The molecule has 0 bridgehead atoms. The second kappa shape index (κ2) is 14.0. The molecule has 3 rings (SSSR count). The van der Waals surface area contributed by atoms with E-state index in [4.69, 9.17) is 18.6 Å². The van der Waals surface area contributed by atoms with Gasteiger partial charge in [0.05, 0.1) is 38.6 Å². The monoisotopic (exact) mass is 539 g/mol. The lowest BCUT2D eigenvalue weighted by molar-refractivity contribution is -0.385. The Morgan fingerprint density at radius 2 is 1.74 bits per heavy atom. The van der Waals surface area contributed by atoms with E-state index in [1.807, 2.05) is 12.1 Å². The lowest BCUT2D eigenvalue weighted by atomic mass is 10.1. The predicted octanol–water partition coefficient (Wildman–Crippen LogP) is 3.87. The molecule has 0 fully saturated rings. The summed E-state index contributed by atoms with van der Waals surface area (Å²) < 4.78 is 21.3. The lowest BCUT2D eigenvalue weighted by Gasteiger charge is -2.27. The maximum atomic E-state index is 13.5. The summed E-state index contributed by atoms with van der Waals surface area (Å²) in [7, 11) is 4.61. The lowest BCUT2D eigenvalue weighted by Crippen LogP contribution is -2.44. The van der Waals surface area contributed by atoms with E-state index < -0.39 is 10.8 Å². The molecule has 2 amide bonds. The van der Waals surface area contributed by atoms with Gasteiger partial charge in [-0.2, -0.15) is 0 Å². The van der Waals surface area contributed by atoms with Crippen LogP contribution in [-0.2, 0) is 22.5 Å². The first-order valence-corrected chi connectivity index (χ1v) is 12.3. The van der Waals surface area contributed by atoms with Gasteiger partial charge in [-0.05, 0) is 49.2 Å². The topological polar surface area (TPSA) is 125 Å². The van der Waals surface area contributed by atoms with E-state index >= 15 is 0 Å². The van der Waals surface area contributed by atoms with Gasteiger partial charge in [-0.25, -0.2) is 0 Å². The van der Waals surface area contributed by atoms with Crippen LogP contribution in [0.15, 0.2) is 59.2 Å². The van der Waals surface area contributed by atoms with E-state index in [1.165, 1.54) is 36.5 Å². The molecular weight excluding hydrogens is 506 g/mol. The number of nitro benzene ring substituents is 1. The van der Waals surface area contributed by atoms with Gasteiger partial charge in [0.25, 0.3) is 11.6 Å². The molecule has 0 spiro atoms. The highest BCUT2D eigenvalue weighted by atomic mass is 16.6. The van der Waals surface area contributed by atoms with Crippen LogP contribution in [0.25, 0.3) is 0 Å². The zero-order valence-corrected chi connectivity index (χ0v) is 22.5. The summed E-state index contributed by atoms with van der Waals surface area (Å²) in [6.45, 7) is 2.24. The van der Waals surface area contributed by atoms with Crippen LogP contribution in [0.5, 0.6) is 11.5 Å². The van der Waals surface area contributed by atoms with Crippen molar-refractivity contribution in [2.45, 2.75) is 19.9 Å². The first-order valence-electron chi connectivity index (χ1n) is 12.3. The Bertz CT molecular complexity index is 1280. The number of rotatable bonds is 14. The normalized spacial score (nSPS) is 10.7. The number of nitro groups is 1. The van der Waals surface area contributed by atoms with E-state index in [0.29, 0.717) is 35.8 Å². The fraction of sp³-hybridized carbons (Fsp3) is 0.357. The van der Waals surface area contributed by atoms with E-state index in [1.54, 1.807) is 44.2 Å². The van der Waals surface area contributed by atoms with Gasteiger partial charge in [0, 0.05) is 37.4 Å². The molecule has 11 heteroatoms. The van der Waals surface area contributed by atoms with Gasteiger partial charge in [0.15, 0.2) is 11.5 Å². The quantitative estimate of drug-likeness (QED) is 0.223. The third-order valence-electron chi connectivity index (χ3n) is 6.23. The molecule has 1 heterocycles. The number of hydrogen-bond acceptors (Lipinski definition) is 8. The molecule has 0 aliphatic heterocycles. The Labute approximate surface area is 227 Å². The third kappa shape index (κ3) is 7.81. The summed E-state index contributed by atoms with van der Waals surface area (Å²) in [4.78, 5) is 40.7. The number of carbonyl (C=O) groups excluding carboxylic acids is 2. The van der Waals surface area contributed by atoms with Gasteiger partial charge in [0.1, 0.15) is 12.3 Å². The number of ether oxygens (including phenoxy) is 3. The average molecular weight is 540 g/mol. The van der Waals surface area contributed by atoms with Crippen LogP contribution in [0.1, 0.15) is 27.2 Å². The highest BCUT2D eigenvalue weighted by Crippen LogP contribution is 2.28. The number of nitrogens with zero attached hydrogens (tertiary/aromatic N) is 3. The van der Waals surface area contributed by atoms with Crippen LogP contribution in [0, 0.1) is 17.0 Å². The van der Waals surface area contributed by atoms with Crippen LogP contribution < -0.4 is 9.47 Å². The summed E-state index contributed by atoms with van der Waals surface area (Å²) in [6.07, 6.45) is 2.05. The van der Waals surface area contributed by atoms with Crippen LogP contribution in [0.2, 0.25) is 0 Å². The average Bonchev–Trinajstić information content (AvgIpc) is 3.45. The summed E-state index contributed by atoms with van der Waals surface area (Å²) in [5.41, 5.74) is 1.34. The number of amides is 2. The van der Waals surface area contributed by atoms with E-state index in [0.717, 1.165) is 5.56 Å². The molecule has 208 valence electrons.